The molecule has 0 aliphatic rings. The molecule has 0 heterocycles. The summed E-state index contributed by atoms with van der Waals surface area (Å²) in [4.78, 5) is 24.8. The lowest BCUT2D eigenvalue weighted by molar-refractivity contribution is -0.128. The lowest BCUT2D eigenvalue weighted by Crippen LogP contribution is -2.46. The van der Waals surface area contributed by atoms with Gasteiger partial charge in [0, 0.05) is 16.6 Å². The van der Waals surface area contributed by atoms with Crippen LogP contribution in [0.25, 0.3) is 0 Å². The van der Waals surface area contributed by atoms with E-state index in [2.05, 4.69) is 37.1 Å². The maximum absolute atomic E-state index is 12.5. The summed E-state index contributed by atoms with van der Waals surface area (Å²) in [7, 11) is 0. The number of rotatable bonds is 7. The third kappa shape index (κ3) is 6.89. The van der Waals surface area contributed by atoms with Crippen LogP contribution in [0.3, 0.4) is 0 Å². The Morgan fingerprint density at radius 2 is 1.79 bits per heavy atom. The van der Waals surface area contributed by atoms with Crippen LogP contribution in [0, 0.1) is 0 Å². The molecule has 10 heteroatoms. The fraction of sp³-hybridized carbons (Fsp3) is 0.167. The largest absolute Gasteiger partial charge is 0.436 e. The van der Waals surface area contributed by atoms with Crippen LogP contribution in [0.2, 0.25) is 0 Å². The van der Waals surface area contributed by atoms with Crippen molar-refractivity contribution >= 4 is 39.5 Å². The van der Waals surface area contributed by atoms with Gasteiger partial charge < -0.3 is 21.3 Å². The SMILES string of the molecule is N/N=C(/CNC(=O)C(Cc1ccccc1)OC(=O)Nc1ccc(Br)cc1)NN. The van der Waals surface area contributed by atoms with Crippen molar-refractivity contribution in [3.05, 3.63) is 64.6 Å². The number of amidine groups is 1. The number of nitrogens with zero attached hydrogens (tertiary/aromatic N) is 1. The molecule has 7 N–H and O–H groups in total. The Kier molecular flexibility index (Phi) is 8.25. The second-order valence-electron chi connectivity index (χ2n) is 5.65. The summed E-state index contributed by atoms with van der Waals surface area (Å²) in [5, 5.41) is 8.56. The Hall–Kier alpha value is -3.11. The molecule has 0 bridgehead atoms. The summed E-state index contributed by atoms with van der Waals surface area (Å²) in [6.07, 6.45) is -1.61. The molecule has 2 aromatic carbocycles. The van der Waals surface area contributed by atoms with E-state index in [4.69, 9.17) is 16.4 Å². The van der Waals surface area contributed by atoms with Crippen molar-refractivity contribution in [1.29, 1.82) is 0 Å². The first kappa shape index (κ1) is 21.2. The Balaban J connectivity index is 2.05. The summed E-state index contributed by atoms with van der Waals surface area (Å²) < 4.78 is 6.23. The van der Waals surface area contributed by atoms with Crippen LogP contribution in [0.1, 0.15) is 5.56 Å². The molecule has 9 nitrogen and oxygen atoms in total. The molecule has 28 heavy (non-hydrogen) atoms. The molecule has 0 spiro atoms. The van der Waals surface area contributed by atoms with Gasteiger partial charge in [0.15, 0.2) is 11.9 Å². The van der Waals surface area contributed by atoms with Gasteiger partial charge in [0.25, 0.3) is 5.91 Å². The number of nitrogens with two attached hydrogens (primary N) is 2. The smallest absolute Gasteiger partial charge is 0.412 e. The van der Waals surface area contributed by atoms with Crippen molar-refractivity contribution in [2.24, 2.45) is 16.8 Å². The molecule has 1 unspecified atom stereocenters. The van der Waals surface area contributed by atoms with Crippen molar-refractivity contribution < 1.29 is 14.3 Å². The monoisotopic (exact) mass is 448 g/mol. The number of hydrazine groups is 1. The van der Waals surface area contributed by atoms with E-state index in [1.165, 1.54) is 0 Å². The van der Waals surface area contributed by atoms with Gasteiger partial charge in [-0.3, -0.25) is 10.1 Å². The second-order valence-corrected chi connectivity index (χ2v) is 6.57. The highest BCUT2D eigenvalue weighted by molar-refractivity contribution is 9.10. The zero-order valence-corrected chi connectivity index (χ0v) is 16.5. The third-order valence-electron chi connectivity index (χ3n) is 3.65. The van der Waals surface area contributed by atoms with Crippen LogP contribution in [-0.2, 0) is 16.0 Å². The first-order valence-electron chi connectivity index (χ1n) is 8.30. The van der Waals surface area contributed by atoms with Crippen molar-refractivity contribution in [1.82, 2.24) is 10.7 Å². The van der Waals surface area contributed by atoms with Gasteiger partial charge in [-0.1, -0.05) is 46.3 Å². The summed E-state index contributed by atoms with van der Waals surface area (Å²) in [5.41, 5.74) is 3.64. The van der Waals surface area contributed by atoms with E-state index in [0.29, 0.717) is 5.69 Å². The number of hydrazone groups is 1. The minimum absolute atomic E-state index is 0.0329. The topological polar surface area (TPSA) is 144 Å². The van der Waals surface area contributed by atoms with Crippen LogP contribution < -0.4 is 27.7 Å². The number of halogens is 1. The number of carbonyl (C=O) groups excluding carboxylic acids is 2. The van der Waals surface area contributed by atoms with E-state index in [1.807, 2.05) is 30.3 Å². The van der Waals surface area contributed by atoms with E-state index < -0.39 is 18.1 Å². The molecule has 0 saturated carbocycles. The van der Waals surface area contributed by atoms with Gasteiger partial charge in [-0.25, -0.2) is 10.6 Å². The molecular weight excluding hydrogens is 428 g/mol. The predicted molar refractivity (Wildman–Crippen MR) is 110 cm³/mol. The molecule has 2 aromatic rings. The van der Waals surface area contributed by atoms with Gasteiger partial charge in [0.1, 0.15) is 0 Å². The van der Waals surface area contributed by atoms with E-state index in [0.717, 1.165) is 10.0 Å². The Morgan fingerprint density at radius 1 is 1.11 bits per heavy atom. The summed E-state index contributed by atoms with van der Waals surface area (Å²) >= 11 is 3.32. The Labute approximate surface area is 170 Å². The Bertz CT molecular complexity index is 814. The minimum atomic E-state index is -1.06. The molecule has 2 rings (SSSR count). The number of carbonyl (C=O) groups is 2. The van der Waals surface area contributed by atoms with Gasteiger partial charge in [0.05, 0.1) is 6.54 Å². The number of amides is 2. The molecule has 1 atom stereocenters. The van der Waals surface area contributed by atoms with Crippen molar-refractivity contribution in [2.45, 2.75) is 12.5 Å². The van der Waals surface area contributed by atoms with Gasteiger partial charge in [0.2, 0.25) is 0 Å². The number of benzene rings is 2. The lowest BCUT2D eigenvalue weighted by atomic mass is 10.1. The number of ether oxygens (including phenoxy) is 1. The molecule has 0 aromatic heterocycles. The van der Waals surface area contributed by atoms with Gasteiger partial charge in [-0.05, 0) is 29.8 Å². The van der Waals surface area contributed by atoms with Crippen LogP contribution in [0.4, 0.5) is 10.5 Å². The average Bonchev–Trinajstić information content (AvgIpc) is 2.70. The molecule has 0 aliphatic carbocycles. The highest BCUT2D eigenvalue weighted by Gasteiger charge is 2.24. The summed E-state index contributed by atoms with van der Waals surface area (Å²) in [6, 6.07) is 16.2. The van der Waals surface area contributed by atoms with Crippen molar-refractivity contribution in [2.75, 3.05) is 11.9 Å². The summed E-state index contributed by atoms with van der Waals surface area (Å²) in [6.45, 7) is -0.0329. The fourth-order valence-electron chi connectivity index (χ4n) is 2.24. The zero-order valence-electron chi connectivity index (χ0n) is 14.9. The van der Waals surface area contributed by atoms with Crippen LogP contribution >= 0.6 is 15.9 Å². The minimum Gasteiger partial charge on any atom is -0.436 e. The lowest BCUT2D eigenvalue weighted by Gasteiger charge is -2.18. The van der Waals surface area contributed by atoms with Crippen molar-refractivity contribution in [3.63, 3.8) is 0 Å². The standard InChI is InChI=1S/C18H21BrN6O3/c19-13-6-8-14(9-7-13)23-18(27)28-15(10-12-4-2-1-3-5-12)17(26)22-11-16(24-20)25-21/h1-9,15H,10-11,20-21H2,(H,22,26)(H,23,27)(H,24,25). The van der Waals surface area contributed by atoms with Gasteiger partial charge in [-0.2, -0.15) is 5.10 Å². The molecule has 0 fully saturated rings. The highest BCUT2D eigenvalue weighted by atomic mass is 79.9. The maximum Gasteiger partial charge on any atom is 0.412 e. The first-order chi connectivity index (χ1) is 13.5. The van der Waals surface area contributed by atoms with Crippen LogP contribution in [0.5, 0.6) is 0 Å². The molecule has 2 amide bonds. The van der Waals surface area contributed by atoms with E-state index >= 15 is 0 Å². The normalized spacial score (nSPS) is 12.0. The predicted octanol–water partition coefficient (Wildman–Crippen LogP) is 1.46. The van der Waals surface area contributed by atoms with E-state index in [9.17, 15) is 9.59 Å². The highest BCUT2D eigenvalue weighted by Crippen LogP contribution is 2.15. The van der Waals surface area contributed by atoms with Crippen LogP contribution in [0.15, 0.2) is 64.2 Å². The quantitative estimate of drug-likeness (QED) is 0.187. The molecule has 0 saturated heterocycles. The van der Waals surface area contributed by atoms with Crippen molar-refractivity contribution in [3.8, 4) is 0 Å². The van der Waals surface area contributed by atoms with E-state index in [-0.39, 0.29) is 18.8 Å². The van der Waals surface area contributed by atoms with E-state index in [1.54, 1.807) is 24.3 Å². The average molecular weight is 449 g/mol. The molecule has 0 aliphatic heterocycles. The number of nitrogens with one attached hydrogen (secondary N) is 3. The number of anilines is 1. The number of hydrogen-bond donors (Lipinski definition) is 5. The molecule has 0 radical (unpaired) electrons. The van der Waals surface area contributed by atoms with Gasteiger partial charge >= 0.3 is 6.09 Å². The number of hydrogen-bond acceptors (Lipinski definition) is 6. The van der Waals surface area contributed by atoms with Crippen LogP contribution in [-0.4, -0.2) is 30.5 Å². The fourth-order valence-corrected chi connectivity index (χ4v) is 2.51. The second kappa shape index (κ2) is 10.9. The first-order valence-corrected chi connectivity index (χ1v) is 9.09. The zero-order chi connectivity index (χ0) is 20.4. The molecule has 148 valence electrons. The molecular formula is C18H21BrN6O3. The summed E-state index contributed by atoms with van der Waals surface area (Å²) in [5.74, 6) is 10.0. The van der Waals surface area contributed by atoms with Gasteiger partial charge in [-0.15, -0.1) is 0 Å². The third-order valence-corrected chi connectivity index (χ3v) is 4.18. The maximum atomic E-state index is 12.5. The Morgan fingerprint density at radius 3 is 2.39 bits per heavy atom.